The van der Waals surface area contributed by atoms with Gasteiger partial charge in [-0.15, -0.1) is 11.3 Å². The molecule has 0 spiro atoms. The van der Waals surface area contributed by atoms with Crippen LogP contribution in [-0.2, 0) is 19.4 Å². The number of hydrogen-bond acceptors (Lipinski definition) is 6. The molecule has 1 aliphatic carbocycles. The second-order valence-electron chi connectivity index (χ2n) is 7.83. The number of anilines is 2. The van der Waals surface area contributed by atoms with Crippen molar-refractivity contribution in [2.75, 3.05) is 17.8 Å². The minimum atomic E-state index is -0.313. The summed E-state index contributed by atoms with van der Waals surface area (Å²) in [5.41, 5.74) is 9.28. The summed E-state index contributed by atoms with van der Waals surface area (Å²) < 4.78 is 10.8. The van der Waals surface area contributed by atoms with Crippen molar-refractivity contribution in [1.82, 2.24) is 5.32 Å². The highest BCUT2D eigenvalue weighted by molar-refractivity contribution is 7.17. The molecule has 5 rings (SSSR count). The van der Waals surface area contributed by atoms with E-state index in [0.29, 0.717) is 39.9 Å². The van der Waals surface area contributed by atoms with Crippen LogP contribution >= 0.6 is 11.3 Å². The highest BCUT2D eigenvalue weighted by atomic mass is 32.1. The summed E-state index contributed by atoms with van der Waals surface area (Å²) in [5.74, 6) is 0.875. The third-order valence-corrected chi connectivity index (χ3v) is 6.93. The molecule has 1 aliphatic heterocycles. The van der Waals surface area contributed by atoms with E-state index in [9.17, 15) is 9.59 Å². The molecule has 0 atom stereocenters. The number of carbonyl (C=O) groups excluding carboxylic acids is 2. The van der Waals surface area contributed by atoms with Gasteiger partial charge in [0.15, 0.2) is 11.5 Å². The summed E-state index contributed by atoms with van der Waals surface area (Å²) in [6.45, 7) is 0.556. The maximum absolute atomic E-state index is 13.3. The number of aryl methyl sites for hydroxylation is 1. The monoisotopic (exact) mass is 449 g/mol. The zero-order valence-corrected chi connectivity index (χ0v) is 18.2. The first-order valence-electron chi connectivity index (χ1n) is 10.6. The van der Waals surface area contributed by atoms with Crippen LogP contribution in [-0.4, -0.2) is 18.6 Å². The van der Waals surface area contributed by atoms with Gasteiger partial charge in [-0.2, -0.15) is 0 Å². The third-order valence-electron chi connectivity index (χ3n) is 5.72. The molecule has 2 aromatic carbocycles. The van der Waals surface area contributed by atoms with Crippen LogP contribution in [0.15, 0.2) is 42.5 Å². The molecular weight excluding hydrogens is 426 g/mol. The second-order valence-corrected chi connectivity index (χ2v) is 8.93. The molecule has 0 saturated heterocycles. The summed E-state index contributed by atoms with van der Waals surface area (Å²) in [6, 6.07) is 12.5. The molecule has 2 amide bonds. The number of amides is 2. The Kier molecular flexibility index (Phi) is 5.45. The van der Waals surface area contributed by atoms with Crippen LogP contribution in [0.1, 0.15) is 49.6 Å². The number of hydrogen-bond donors (Lipinski definition) is 3. The van der Waals surface area contributed by atoms with Crippen molar-refractivity contribution in [3.8, 4) is 11.5 Å². The quantitative estimate of drug-likeness (QED) is 0.509. The van der Waals surface area contributed by atoms with Gasteiger partial charge in [0.05, 0.1) is 11.1 Å². The number of rotatable bonds is 5. The van der Waals surface area contributed by atoms with Crippen molar-refractivity contribution in [1.29, 1.82) is 0 Å². The van der Waals surface area contributed by atoms with E-state index in [4.69, 9.17) is 15.2 Å². The first-order valence-corrected chi connectivity index (χ1v) is 11.4. The molecule has 8 heteroatoms. The van der Waals surface area contributed by atoms with Gasteiger partial charge in [0.25, 0.3) is 11.8 Å². The molecule has 32 heavy (non-hydrogen) atoms. The number of nitrogen functional groups attached to an aromatic ring is 1. The standard InChI is InChI=1S/C24H23N3O4S/c25-17-7-3-1-5-15(17)22(28)27-24-21(16-6-2-4-8-20(16)32-24)23(29)26-12-14-9-10-18-19(11-14)31-13-30-18/h1,3,5,7,9-11H,2,4,6,8,12-13,25H2,(H,26,29)(H,27,28). The van der Waals surface area contributed by atoms with Crippen LogP contribution in [0.25, 0.3) is 0 Å². The van der Waals surface area contributed by atoms with Gasteiger partial charge in [-0.3, -0.25) is 9.59 Å². The third kappa shape index (κ3) is 3.89. The fraction of sp³-hybridized carbons (Fsp3) is 0.250. The minimum Gasteiger partial charge on any atom is -0.454 e. The Morgan fingerprint density at radius 3 is 2.69 bits per heavy atom. The molecule has 0 saturated carbocycles. The van der Waals surface area contributed by atoms with Crippen molar-refractivity contribution in [2.45, 2.75) is 32.2 Å². The number of carbonyl (C=O) groups is 2. The van der Waals surface area contributed by atoms with E-state index < -0.39 is 0 Å². The number of benzene rings is 2. The molecule has 0 fully saturated rings. The van der Waals surface area contributed by atoms with Crippen molar-refractivity contribution in [3.63, 3.8) is 0 Å². The van der Waals surface area contributed by atoms with Crippen molar-refractivity contribution < 1.29 is 19.1 Å². The SMILES string of the molecule is Nc1ccccc1C(=O)Nc1sc2c(c1C(=O)NCc1ccc3c(c1)OCO3)CCCC2. The van der Waals surface area contributed by atoms with Crippen LogP contribution in [0, 0.1) is 0 Å². The van der Waals surface area contributed by atoms with Gasteiger partial charge in [-0.25, -0.2) is 0 Å². The Bertz CT molecular complexity index is 1200. The molecule has 1 aromatic heterocycles. The lowest BCUT2D eigenvalue weighted by atomic mass is 9.95. The zero-order valence-electron chi connectivity index (χ0n) is 17.4. The molecule has 0 unspecified atom stereocenters. The number of para-hydroxylation sites is 1. The Morgan fingerprint density at radius 1 is 1.00 bits per heavy atom. The average Bonchev–Trinajstić information content (AvgIpc) is 3.41. The van der Waals surface area contributed by atoms with Crippen LogP contribution in [0.4, 0.5) is 10.7 Å². The van der Waals surface area contributed by atoms with Gasteiger partial charge < -0.3 is 25.8 Å². The normalized spacial score (nSPS) is 14.0. The zero-order chi connectivity index (χ0) is 22.1. The predicted octanol–water partition coefficient (Wildman–Crippen LogP) is 4.12. The van der Waals surface area contributed by atoms with E-state index >= 15 is 0 Å². The molecule has 4 N–H and O–H groups in total. The van der Waals surface area contributed by atoms with E-state index in [0.717, 1.165) is 36.8 Å². The lowest BCUT2D eigenvalue weighted by Gasteiger charge is -2.14. The lowest BCUT2D eigenvalue weighted by Crippen LogP contribution is -2.25. The average molecular weight is 450 g/mol. The Labute approximate surface area is 189 Å². The molecule has 0 radical (unpaired) electrons. The highest BCUT2D eigenvalue weighted by Crippen LogP contribution is 2.38. The highest BCUT2D eigenvalue weighted by Gasteiger charge is 2.27. The van der Waals surface area contributed by atoms with Gasteiger partial charge in [0.1, 0.15) is 5.00 Å². The number of ether oxygens (including phenoxy) is 2. The summed E-state index contributed by atoms with van der Waals surface area (Å²) >= 11 is 1.49. The van der Waals surface area contributed by atoms with E-state index in [1.54, 1.807) is 24.3 Å². The summed E-state index contributed by atoms with van der Waals surface area (Å²) in [6.07, 6.45) is 3.88. The molecule has 2 heterocycles. The minimum absolute atomic E-state index is 0.196. The van der Waals surface area contributed by atoms with Gasteiger partial charge in [0, 0.05) is 17.1 Å². The van der Waals surface area contributed by atoms with E-state index in [-0.39, 0.29) is 18.6 Å². The smallest absolute Gasteiger partial charge is 0.258 e. The molecule has 7 nitrogen and oxygen atoms in total. The Balaban J connectivity index is 1.38. The van der Waals surface area contributed by atoms with Gasteiger partial charge in [0.2, 0.25) is 6.79 Å². The number of fused-ring (bicyclic) bond motifs is 2. The van der Waals surface area contributed by atoms with Gasteiger partial charge in [-0.1, -0.05) is 18.2 Å². The number of nitrogens with two attached hydrogens (primary N) is 1. The van der Waals surface area contributed by atoms with Crippen molar-refractivity contribution in [3.05, 3.63) is 69.6 Å². The van der Waals surface area contributed by atoms with E-state index in [1.165, 1.54) is 16.2 Å². The molecule has 0 bridgehead atoms. The first kappa shape index (κ1) is 20.4. The van der Waals surface area contributed by atoms with Crippen LogP contribution in [0.2, 0.25) is 0 Å². The number of thiophene rings is 1. The van der Waals surface area contributed by atoms with E-state index in [1.807, 2.05) is 18.2 Å². The Hall–Kier alpha value is -3.52. The van der Waals surface area contributed by atoms with Crippen molar-refractivity contribution in [2.24, 2.45) is 0 Å². The maximum atomic E-state index is 13.3. The topological polar surface area (TPSA) is 103 Å². The van der Waals surface area contributed by atoms with Crippen LogP contribution < -0.4 is 25.8 Å². The largest absolute Gasteiger partial charge is 0.454 e. The fourth-order valence-electron chi connectivity index (χ4n) is 4.09. The van der Waals surface area contributed by atoms with Crippen LogP contribution in [0.3, 0.4) is 0 Å². The predicted molar refractivity (Wildman–Crippen MR) is 124 cm³/mol. The second kappa shape index (κ2) is 8.55. The number of nitrogens with one attached hydrogen (secondary N) is 2. The maximum Gasteiger partial charge on any atom is 0.258 e. The molecule has 2 aliphatic rings. The summed E-state index contributed by atoms with van der Waals surface area (Å²) in [4.78, 5) is 27.3. The molecular formula is C24H23N3O4S. The van der Waals surface area contributed by atoms with E-state index in [2.05, 4.69) is 10.6 Å². The Morgan fingerprint density at radius 2 is 1.81 bits per heavy atom. The summed E-state index contributed by atoms with van der Waals surface area (Å²) in [5, 5.41) is 6.52. The van der Waals surface area contributed by atoms with Gasteiger partial charge in [-0.05, 0) is 61.1 Å². The molecule has 164 valence electrons. The van der Waals surface area contributed by atoms with Gasteiger partial charge >= 0.3 is 0 Å². The van der Waals surface area contributed by atoms with Crippen molar-refractivity contribution >= 4 is 33.8 Å². The molecule has 3 aromatic rings. The lowest BCUT2D eigenvalue weighted by molar-refractivity contribution is 0.0951. The van der Waals surface area contributed by atoms with Crippen LogP contribution in [0.5, 0.6) is 11.5 Å². The fourth-order valence-corrected chi connectivity index (χ4v) is 5.37. The summed E-state index contributed by atoms with van der Waals surface area (Å²) in [7, 11) is 0. The first-order chi connectivity index (χ1) is 15.6.